The first-order valence-electron chi connectivity index (χ1n) is 12.3. The van der Waals surface area contributed by atoms with Gasteiger partial charge in [-0.25, -0.2) is 0 Å². The summed E-state index contributed by atoms with van der Waals surface area (Å²) in [6.45, 7) is 3.90. The third-order valence-corrected chi connectivity index (χ3v) is 6.33. The van der Waals surface area contributed by atoms with Crippen molar-refractivity contribution in [2.45, 2.75) is 25.3 Å². The van der Waals surface area contributed by atoms with E-state index in [0.717, 1.165) is 51.5 Å². The number of amides is 1. The smallest absolute Gasteiger partial charge is 0.273 e. The van der Waals surface area contributed by atoms with Gasteiger partial charge in [0, 0.05) is 49.5 Å². The minimum absolute atomic E-state index is 0.0149. The molecule has 1 aliphatic rings. The average Bonchev–Trinajstić information content (AvgIpc) is 3.35. The number of nitro groups is 1. The number of non-ortho nitro benzene ring substituents is 1. The number of nitrogens with zero attached hydrogens (tertiary/aromatic N) is 4. The van der Waals surface area contributed by atoms with Crippen molar-refractivity contribution in [1.82, 2.24) is 20.3 Å². The van der Waals surface area contributed by atoms with Gasteiger partial charge in [-0.15, -0.1) is 0 Å². The van der Waals surface area contributed by atoms with Crippen molar-refractivity contribution in [3.8, 4) is 34.3 Å². The second-order valence-corrected chi connectivity index (χ2v) is 9.51. The fourth-order valence-corrected chi connectivity index (χ4v) is 4.35. The molecule has 2 aromatic carbocycles. The highest BCUT2D eigenvalue weighted by molar-refractivity contribution is 5.93. The van der Waals surface area contributed by atoms with Gasteiger partial charge in [0.1, 0.15) is 28.6 Å². The molecular weight excluding hydrogens is 494 g/mol. The molecule has 3 aromatic rings. The summed E-state index contributed by atoms with van der Waals surface area (Å²) in [5, 5.41) is 38.3. The lowest BCUT2D eigenvalue weighted by Crippen LogP contribution is -2.45. The number of benzene rings is 2. The number of nitro benzene ring substituents is 1. The average molecular weight is 526 g/mol. The molecule has 202 valence electrons. The predicted molar refractivity (Wildman–Crippen MR) is 139 cm³/mol. The number of hydrogen-bond donors (Lipinski definition) is 3. The highest BCUT2D eigenvalue weighted by atomic mass is 16.6. The molecule has 12 nitrogen and oxygen atoms in total. The zero-order chi connectivity index (χ0) is 27.2. The molecule has 4 rings (SSSR count). The number of phenols is 2. The predicted octanol–water partition coefficient (Wildman–Crippen LogP) is 3.60. The number of aromatic nitrogens is 1. The number of carbonyl (C=O) groups excluding carboxylic acids is 1. The Balaban J connectivity index is 1.42. The van der Waals surface area contributed by atoms with Crippen LogP contribution in [0.5, 0.6) is 23.0 Å². The van der Waals surface area contributed by atoms with Gasteiger partial charge in [-0.1, -0.05) is 5.16 Å². The number of carbonyl (C=O) groups is 1. The monoisotopic (exact) mass is 525 g/mol. The third kappa shape index (κ3) is 6.78. The lowest BCUT2D eigenvalue weighted by molar-refractivity contribution is -0.384. The van der Waals surface area contributed by atoms with Gasteiger partial charge in [-0.2, -0.15) is 0 Å². The molecular formula is C26H31N5O7. The van der Waals surface area contributed by atoms with Crippen LogP contribution >= 0.6 is 0 Å². The molecule has 1 amide bonds. The van der Waals surface area contributed by atoms with Crippen molar-refractivity contribution in [2.75, 3.05) is 40.3 Å². The number of likely N-dealkylation sites (tertiary alicyclic amines) is 1. The molecule has 2 heterocycles. The topological polar surface area (TPSA) is 154 Å². The first-order chi connectivity index (χ1) is 18.2. The van der Waals surface area contributed by atoms with Gasteiger partial charge in [0.15, 0.2) is 11.5 Å². The van der Waals surface area contributed by atoms with Gasteiger partial charge in [0.25, 0.3) is 11.6 Å². The summed E-state index contributed by atoms with van der Waals surface area (Å²) in [7, 11) is 4.12. The van der Waals surface area contributed by atoms with E-state index in [1.165, 1.54) is 36.4 Å². The maximum absolute atomic E-state index is 12.8. The van der Waals surface area contributed by atoms with Crippen molar-refractivity contribution in [1.29, 1.82) is 0 Å². The fourth-order valence-electron chi connectivity index (χ4n) is 4.35. The van der Waals surface area contributed by atoms with Gasteiger partial charge in [0.05, 0.1) is 4.92 Å². The molecule has 12 heteroatoms. The molecule has 0 unspecified atom stereocenters. The van der Waals surface area contributed by atoms with Gasteiger partial charge in [-0.3, -0.25) is 14.9 Å². The van der Waals surface area contributed by atoms with Crippen LogP contribution in [0, 0.1) is 10.1 Å². The molecule has 38 heavy (non-hydrogen) atoms. The Morgan fingerprint density at radius 1 is 1.21 bits per heavy atom. The zero-order valence-corrected chi connectivity index (χ0v) is 21.3. The summed E-state index contributed by atoms with van der Waals surface area (Å²) in [6.07, 6.45) is 2.78. The molecule has 3 N–H and O–H groups in total. The Morgan fingerprint density at radius 3 is 2.58 bits per heavy atom. The first kappa shape index (κ1) is 26.9. The Kier molecular flexibility index (Phi) is 8.44. The summed E-state index contributed by atoms with van der Waals surface area (Å²) >= 11 is 0. The van der Waals surface area contributed by atoms with Crippen LogP contribution in [0.2, 0.25) is 0 Å². The van der Waals surface area contributed by atoms with Crippen molar-refractivity contribution < 1.29 is 29.2 Å². The second-order valence-electron chi connectivity index (χ2n) is 9.51. The van der Waals surface area contributed by atoms with Crippen molar-refractivity contribution in [3.63, 3.8) is 0 Å². The van der Waals surface area contributed by atoms with E-state index in [1.54, 1.807) is 0 Å². The molecule has 0 atom stereocenters. The van der Waals surface area contributed by atoms with Crippen LogP contribution in [0.4, 0.5) is 5.69 Å². The summed E-state index contributed by atoms with van der Waals surface area (Å²) in [6, 6.07) is 9.08. The van der Waals surface area contributed by atoms with Crippen LogP contribution in [-0.4, -0.2) is 82.3 Å². The number of aromatic hydroxyl groups is 2. The van der Waals surface area contributed by atoms with E-state index in [-0.39, 0.29) is 57.7 Å². The highest BCUT2D eigenvalue weighted by Crippen LogP contribution is 2.43. The molecule has 0 saturated carbocycles. The SMILES string of the molecule is CN(C)CCCN1CCC(NC(=O)c2cc(-c3c(O)cc(O)cc3Oc3ccc([N+](=O)[O-])cc3)on2)CC1. The van der Waals surface area contributed by atoms with Gasteiger partial charge >= 0.3 is 0 Å². The molecule has 0 spiro atoms. The fraction of sp³-hybridized carbons (Fsp3) is 0.385. The van der Waals surface area contributed by atoms with Crippen molar-refractivity contribution >= 4 is 11.6 Å². The van der Waals surface area contributed by atoms with Crippen LogP contribution in [0.15, 0.2) is 47.0 Å². The molecule has 0 bridgehead atoms. The summed E-state index contributed by atoms with van der Waals surface area (Å²) in [5.41, 5.74) is -0.00173. The lowest BCUT2D eigenvalue weighted by atomic mass is 10.0. The van der Waals surface area contributed by atoms with E-state index in [2.05, 4.69) is 34.4 Å². The first-order valence-corrected chi connectivity index (χ1v) is 12.3. The van der Waals surface area contributed by atoms with E-state index in [1.807, 2.05) is 0 Å². The van der Waals surface area contributed by atoms with Crippen molar-refractivity contribution in [2.24, 2.45) is 0 Å². The number of hydrogen-bond acceptors (Lipinski definition) is 10. The molecule has 1 saturated heterocycles. The van der Waals surface area contributed by atoms with Crippen LogP contribution in [0.25, 0.3) is 11.3 Å². The Morgan fingerprint density at radius 2 is 1.92 bits per heavy atom. The number of phenolic OH excluding ortho intramolecular Hbond substituents is 2. The number of rotatable bonds is 10. The number of ether oxygens (including phenoxy) is 1. The highest BCUT2D eigenvalue weighted by Gasteiger charge is 2.25. The van der Waals surface area contributed by atoms with E-state index < -0.39 is 4.92 Å². The van der Waals surface area contributed by atoms with E-state index >= 15 is 0 Å². The lowest BCUT2D eigenvalue weighted by Gasteiger charge is -2.32. The summed E-state index contributed by atoms with van der Waals surface area (Å²) in [5.74, 6) is -0.712. The number of piperidine rings is 1. The minimum Gasteiger partial charge on any atom is -0.508 e. The molecule has 0 aliphatic carbocycles. The second kappa shape index (κ2) is 11.9. The van der Waals surface area contributed by atoms with Crippen LogP contribution < -0.4 is 10.1 Å². The summed E-state index contributed by atoms with van der Waals surface area (Å²) in [4.78, 5) is 27.8. The molecule has 1 fully saturated rings. The van der Waals surface area contributed by atoms with Gasteiger partial charge in [-0.05, 0) is 58.6 Å². The Hall–Kier alpha value is -4.16. The van der Waals surface area contributed by atoms with Crippen molar-refractivity contribution in [3.05, 3.63) is 58.3 Å². The van der Waals surface area contributed by atoms with E-state index in [9.17, 15) is 25.1 Å². The van der Waals surface area contributed by atoms with Crippen LogP contribution in [-0.2, 0) is 0 Å². The summed E-state index contributed by atoms with van der Waals surface area (Å²) < 4.78 is 11.1. The molecule has 0 radical (unpaired) electrons. The zero-order valence-electron chi connectivity index (χ0n) is 21.3. The maximum atomic E-state index is 12.8. The minimum atomic E-state index is -0.535. The van der Waals surface area contributed by atoms with E-state index in [0.29, 0.717) is 0 Å². The van der Waals surface area contributed by atoms with Gasteiger partial charge in [0.2, 0.25) is 0 Å². The van der Waals surface area contributed by atoms with Gasteiger partial charge < -0.3 is 34.6 Å². The van der Waals surface area contributed by atoms with E-state index in [4.69, 9.17) is 9.26 Å². The number of nitrogens with one attached hydrogen (secondary N) is 1. The van der Waals surface area contributed by atoms with Crippen LogP contribution in [0.1, 0.15) is 29.8 Å². The standard InChI is InChI=1S/C26H31N5O7/c1-29(2)10-3-11-30-12-8-17(9-13-30)27-26(34)21-16-24(38-28-21)25-22(33)14-19(32)15-23(25)37-20-6-4-18(5-7-20)31(35)36/h4-7,14-17,32-33H,3,8-13H2,1-2H3,(H,27,34). The maximum Gasteiger partial charge on any atom is 0.273 e. The van der Waals surface area contributed by atoms with Crippen LogP contribution in [0.3, 0.4) is 0 Å². The molecule has 1 aliphatic heterocycles. The largest absolute Gasteiger partial charge is 0.508 e. The molecule has 1 aromatic heterocycles. The normalized spacial score (nSPS) is 14.5. The quantitative estimate of drug-likeness (QED) is 0.264. The Labute approximate surface area is 219 Å². The Bertz CT molecular complexity index is 1270. The third-order valence-electron chi connectivity index (χ3n) is 6.33.